The van der Waals surface area contributed by atoms with Gasteiger partial charge in [0.05, 0.1) is 14.2 Å². The number of rotatable bonds is 3. The number of halogens is 4. The lowest BCUT2D eigenvalue weighted by Crippen LogP contribution is -1.99. The van der Waals surface area contributed by atoms with Gasteiger partial charge < -0.3 is 19.7 Å². The molecule has 2 aromatic rings. The average molecular weight is 318 g/mol. The molecule has 2 rings (SSSR count). The molecule has 22 heavy (non-hydrogen) atoms. The van der Waals surface area contributed by atoms with Crippen molar-refractivity contribution in [2.24, 2.45) is 0 Å². The Hall–Kier alpha value is -2.64. The molecule has 118 valence electrons. The van der Waals surface area contributed by atoms with Gasteiger partial charge in [-0.05, 0) is 12.1 Å². The van der Waals surface area contributed by atoms with Gasteiger partial charge >= 0.3 is 0 Å². The Labute approximate surface area is 122 Å². The van der Waals surface area contributed by atoms with Gasteiger partial charge in [-0.15, -0.1) is 0 Å². The molecule has 0 fully saturated rings. The van der Waals surface area contributed by atoms with Crippen molar-refractivity contribution >= 4 is 0 Å². The zero-order valence-corrected chi connectivity index (χ0v) is 11.4. The van der Waals surface area contributed by atoms with Gasteiger partial charge in [-0.3, -0.25) is 0 Å². The van der Waals surface area contributed by atoms with Gasteiger partial charge in [0, 0.05) is 11.1 Å². The maximum absolute atomic E-state index is 14.2. The number of phenolic OH excluding ortho intramolecular Hbond substituents is 2. The molecule has 0 bridgehead atoms. The summed E-state index contributed by atoms with van der Waals surface area (Å²) in [5, 5.41) is 18.7. The quantitative estimate of drug-likeness (QED) is 0.852. The highest BCUT2D eigenvalue weighted by atomic mass is 19.1. The summed E-state index contributed by atoms with van der Waals surface area (Å²) >= 11 is 0. The van der Waals surface area contributed by atoms with Gasteiger partial charge in [0.2, 0.25) is 0 Å². The minimum absolute atomic E-state index is 0.474. The number of hydrogen-bond acceptors (Lipinski definition) is 4. The van der Waals surface area contributed by atoms with Crippen LogP contribution in [-0.4, -0.2) is 24.4 Å². The van der Waals surface area contributed by atoms with Gasteiger partial charge in [-0.25, -0.2) is 17.6 Å². The average Bonchev–Trinajstić information content (AvgIpc) is 2.48. The molecule has 0 aliphatic rings. The topological polar surface area (TPSA) is 58.9 Å². The molecule has 0 spiro atoms. The third-order valence-electron chi connectivity index (χ3n) is 2.99. The summed E-state index contributed by atoms with van der Waals surface area (Å²) in [6, 6.07) is 0.947. The lowest BCUT2D eigenvalue weighted by atomic mass is 10.0. The molecule has 0 aliphatic heterocycles. The second kappa shape index (κ2) is 5.63. The maximum Gasteiger partial charge on any atom is 0.200 e. The zero-order chi connectivity index (χ0) is 16.6. The molecule has 0 amide bonds. The second-order valence-electron chi connectivity index (χ2n) is 4.20. The van der Waals surface area contributed by atoms with Gasteiger partial charge in [0.1, 0.15) is 0 Å². The van der Waals surface area contributed by atoms with E-state index in [0.717, 1.165) is 14.2 Å². The first-order valence-electron chi connectivity index (χ1n) is 5.83. The van der Waals surface area contributed by atoms with Crippen molar-refractivity contribution in [3.63, 3.8) is 0 Å². The molecule has 0 aromatic heterocycles. The van der Waals surface area contributed by atoms with Crippen LogP contribution in [-0.2, 0) is 0 Å². The molecule has 4 nitrogen and oxygen atoms in total. The zero-order valence-electron chi connectivity index (χ0n) is 11.4. The Kier molecular flexibility index (Phi) is 4.03. The van der Waals surface area contributed by atoms with Gasteiger partial charge in [0.15, 0.2) is 46.3 Å². The summed E-state index contributed by atoms with van der Waals surface area (Å²) in [6.07, 6.45) is 0. The third-order valence-corrected chi connectivity index (χ3v) is 2.99. The van der Waals surface area contributed by atoms with Crippen molar-refractivity contribution < 1.29 is 37.2 Å². The summed E-state index contributed by atoms with van der Waals surface area (Å²) < 4.78 is 64.6. The molecular weight excluding hydrogens is 308 g/mol. The minimum atomic E-state index is -1.30. The number of hydrogen-bond donors (Lipinski definition) is 2. The SMILES string of the molecule is COc1c(O)c(F)cc(-c2cc(F)c(O)c(OC)c2F)c1F. The number of aromatic hydroxyl groups is 2. The number of ether oxygens (including phenoxy) is 2. The Morgan fingerprint density at radius 1 is 0.727 bits per heavy atom. The predicted molar refractivity (Wildman–Crippen MR) is 68.1 cm³/mol. The largest absolute Gasteiger partial charge is 0.502 e. The molecule has 0 saturated carbocycles. The smallest absolute Gasteiger partial charge is 0.200 e. The maximum atomic E-state index is 14.2. The molecule has 2 aromatic carbocycles. The van der Waals surface area contributed by atoms with E-state index in [4.69, 9.17) is 0 Å². The molecule has 0 aliphatic carbocycles. The lowest BCUT2D eigenvalue weighted by Gasteiger charge is -2.13. The van der Waals surface area contributed by atoms with E-state index in [2.05, 4.69) is 9.47 Å². The molecule has 0 heterocycles. The molecule has 0 unspecified atom stereocenters. The molecule has 0 radical (unpaired) electrons. The van der Waals surface area contributed by atoms with Gasteiger partial charge in [-0.1, -0.05) is 0 Å². The fourth-order valence-electron chi connectivity index (χ4n) is 1.95. The standard InChI is InChI=1S/C14H10F4O4/c1-21-13-9(17)5(3-7(15)11(13)19)6-4-8(16)12(20)14(22-2)10(6)18/h3-4,19-20H,1-2H3. The van der Waals surface area contributed by atoms with Gasteiger partial charge in [-0.2, -0.15) is 0 Å². The van der Waals surface area contributed by atoms with E-state index in [-0.39, 0.29) is 0 Å². The van der Waals surface area contributed by atoms with Crippen LogP contribution in [0.5, 0.6) is 23.0 Å². The van der Waals surface area contributed by atoms with Crippen LogP contribution in [0.25, 0.3) is 11.1 Å². The first-order valence-corrected chi connectivity index (χ1v) is 5.83. The van der Waals surface area contributed by atoms with Crippen LogP contribution in [0.4, 0.5) is 17.6 Å². The normalized spacial score (nSPS) is 10.6. The second-order valence-corrected chi connectivity index (χ2v) is 4.20. The monoisotopic (exact) mass is 318 g/mol. The van der Waals surface area contributed by atoms with Gasteiger partial charge in [0.25, 0.3) is 0 Å². The summed E-state index contributed by atoms with van der Waals surface area (Å²) in [6.45, 7) is 0. The van der Waals surface area contributed by atoms with E-state index >= 15 is 0 Å². The summed E-state index contributed by atoms with van der Waals surface area (Å²) in [4.78, 5) is 0. The molecule has 0 saturated heterocycles. The van der Waals surface area contributed by atoms with Crippen molar-refractivity contribution in [1.82, 2.24) is 0 Å². The Morgan fingerprint density at radius 3 is 1.32 bits per heavy atom. The highest BCUT2D eigenvalue weighted by Crippen LogP contribution is 2.43. The molecule has 2 N–H and O–H groups in total. The van der Waals surface area contributed by atoms with Crippen LogP contribution in [0.15, 0.2) is 12.1 Å². The van der Waals surface area contributed by atoms with E-state index in [0.29, 0.717) is 12.1 Å². The first-order chi connectivity index (χ1) is 10.3. The van der Waals surface area contributed by atoms with E-state index in [1.54, 1.807) is 0 Å². The Morgan fingerprint density at radius 2 is 1.05 bits per heavy atom. The highest BCUT2D eigenvalue weighted by molar-refractivity contribution is 5.72. The highest BCUT2D eigenvalue weighted by Gasteiger charge is 2.26. The van der Waals surface area contributed by atoms with Crippen molar-refractivity contribution in [1.29, 1.82) is 0 Å². The molecular formula is C14H10F4O4. The van der Waals surface area contributed by atoms with E-state index in [1.807, 2.05) is 0 Å². The van der Waals surface area contributed by atoms with Crippen LogP contribution in [0.1, 0.15) is 0 Å². The van der Waals surface area contributed by atoms with Crippen LogP contribution in [0.2, 0.25) is 0 Å². The number of benzene rings is 2. The van der Waals surface area contributed by atoms with E-state index < -0.39 is 57.4 Å². The van der Waals surface area contributed by atoms with Crippen LogP contribution < -0.4 is 9.47 Å². The third kappa shape index (κ3) is 2.26. The first kappa shape index (κ1) is 15.7. The fraction of sp³-hybridized carbons (Fsp3) is 0.143. The van der Waals surface area contributed by atoms with Crippen LogP contribution in [0.3, 0.4) is 0 Å². The number of phenols is 2. The Bertz CT molecular complexity index is 683. The van der Waals surface area contributed by atoms with E-state index in [9.17, 15) is 27.8 Å². The lowest BCUT2D eigenvalue weighted by molar-refractivity contribution is 0.335. The molecule has 0 atom stereocenters. The predicted octanol–water partition coefficient (Wildman–Crippen LogP) is 3.34. The minimum Gasteiger partial charge on any atom is -0.502 e. The summed E-state index contributed by atoms with van der Waals surface area (Å²) in [5.41, 5.74) is -1.41. The van der Waals surface area contributed by atoms with E-state index in [1.165, 1.54) is 0 Å². The van der Waals surface area contributed by atoms with Crippen molar-refractivity contribution in [2.75, 3.05) is 14.2 Å². The van der Waals surface area contributed by atoms with Crippen molar-refractivity contribution in [3.8, 4) is 34.1 Å². The fourth-order valence-corrected chi connectivity index (χ4v) is 1.95. The molecule has 8 heteroatoms. The van der Waals surface area contributed by atoms with Crippen molar-refractivity contribution in [2.45, 2.75) is 0 Å². The van der Waals surface area contributed by atoms with Crippen molar-refractivity contribution in [3.05, 3.63) is 35.4 Å². The summed E-state index contributed by atoms with van der Waals surface area (Å²) in [7, 11) is 1.94. The number of methoxy groups -OCH3 is 2. The Balaban J connectivity index is 2.83. The van der Waals surface area contributed by atoms with Crippen LogP contribution in [0, 0.1) is 23.3 Å². The van der Waals surface area contributed by atoms with Crippen LogP contribution >= 0.6 is 0 Å². The summed E-state index contributed by atoms with van der Waals surface area (Å²) in [5.74, 6) is -9.10.